The van der Waals surface area contributed by atoms with Crippen LogP contribution in [-0.4, -0.2) is 7.11 Å². The molecule has 18 heavy (non-hydrogen) atoms. The van der Waals surface area contributed by atoms with E-state index in [4.69, 9.17) is 22.1 Å². The van der Waals surface area contributed by atoms with Crippen molar-refractivity contribution < 1.29 is 4.74 Å². The number of ether oxygens (including phenoxy) is 1. The van der Waals surface area contributed by atoms with Crippen LogP contribution in [0.5, 0.6) is 5.75 Å². The molecular formula is C14H15ClN2O. The molecule has 4 heteroatoms. The fourth-order valence-electron chi connectivity index (χ4n) is 1.74. The minimum atomic E-state index is 0.567. The highest BCUT2D eigenvalue weighted by molar-refractivity contribution is 6.31. The zero-order valence-corrected chi connectivity index (χ0v) is 10.9. The number of nitrogens with one attached hydrogen (secondary N) is 1. The molecule has 0 heterocycles. The van der Waals surface area contributed by atoms with E-state index < -0.39 is 0 Å². The van der Waals surface area contributed by atoms with Gasteiger partial charge in [0, 0.05) is 17.1 Å². The van der Waals surface area contributed by atoms with Gasteiger partial charge >= 0.3 is 0 Å². The van der Waals surface area contributed by atoms with Gasteiger partial charge in [-0.05, 0) is 24.3 Å². The van der Waals surface area contributed by atoms with Gasteiger partial charge in [-0.25, -0.2) is 0 Å². The van der Waals surface area contributed by atoms with Gasteiger partial charge in [-0.15, -0.1) is 0 Å². The highest BCUT2D eigenvalue weighted by atomic mass is 35.5. The standard InChI is InChI=1S/C14H15ClN2O/c1-18-14-8-4-5-11(15)10(14)9-17-13-7-3-2-6-12(13)16/h2-8,17H,9,16H2,1H3. The molecule has 0 amide bonds. The Labute approximate surface area is 112 Å². The molecule has 3 nitrogen and oxygen atoms in total. The highest BCUT2D eigenvalue weighted by Gasteiger charge is 2.07. The summed E-state index contributed by atoms with van der Waals surface area (Å²) in [5.74, 6) is 0.768. The molecule has 0 unspecified atom stereocenters. The van der Waals surface area contributed by atoms with Crippen LogP contribution in [0.3, 0.4) is 0 Å². The lowest BCUT2D eigenvalue weighted by molar-refractivity contribution is 0.410. The van der Waals surface area contributed by atoms with Crippen molar-refractivity contribution >= 4 is 23.0 Å². The summed E-state index contributed by atoms with van der Waals surface area (Å²) < 4.78 is 5.29. The van der Waals surface area contributed by atoms with Crippen LogP contribution in [0.15, 0.2) is 42.5 Å². The van der Waals surface area contributed by atoms with Crippen LogP contribution in [0.2, 0.25) is 5.02 Å². The molecule has 0 atom stereocenters. The lowest BCUT2D eigenvalue weighted by Crippen LogP contribution is -2.04. The van der Waals surface area contributed by atoms with Gasteiger partial charge in [0.25, 0.3) is 0 Å². The molecule has 94 valence electrons. The third-order valence-electron chi connectivity index (χ3n) is 2.71. The number of halogens is 1. The molecule has 0 fully saturated rings. The fraction of sp³-hybridized carbons (Fsp3) is 0.143. The van der Waals surface area contributed by atoms with Crippen LogP contribution >= 0.6 is 11.6 Å². The summed E-state index contributed by atoms with van der Waals surface area (Å²) >= 11 is 6.16. The summed E-state index contributed by atoms with van der Waals surface area (Å²) in [6.07, 6.45) is 0. The number of rotatable bonds is 4. The van der Waals surface area contributed by atoms with E-state index >= 15 is 0 Å². The SMILES string of the molecule is COc1cccc(Cl)c1CNc1ccccc1N. The van der Waals surface area contributed by atoms with E-state index in [1.165, 1.54) is 0 Å². The Morgan fingerprint density at radius 1 is 1.17 bits per heavy atom. The van der Waals surface area contributed by atoms with Gasteiger partial charge in [0.2, 0.25) is 0 Å². The summed E-state index contributed by atoms with van der Waals surface area (Å²) in [6.45, 7) is 0.567. The normalized spacial score (nSPS) is 10.1. The average molecular weight is 263 g/mol. The lowest BCUT2D eigenvalue weighted by Gasteiger charge is -2.13. The van der Waals surface area contributed by atoms with E-state index in [1.54, 1.807) is 7.11 Å². The van der Waals surface area contributed by atoms with Crippen molar-refractivity contribution in [3.05, 3.63) is 53.1 Å². The second-order valence-corrected chi connectivity index (χ2v) is 4.27. The molecule has 0 bridgehead atoms. The molecule has 0 spiro atoms. The predicted octanol–water partition coefficient (Wildman–Crippen LogP) is 3.54. The molecule has 0 aromatic heterocycles. The van der Waals surface area contributed by atoms with Crippen molar-refractivity contribution in [2.75, 3.05) is 18.2 Å². The van der Waals surface area contributed by atoms with Gasteiger partial charge in [0.05, 0.1) is 18.5 Å². The van der Waals surface area contributed by atoms with Crippen LogP contribution in [0.4, 0.5) is 11.4 Å². The number of hydrogen-bond acceptors (Lipinski definition) is 3. The summed E-state index contributed by atoms with van der Waals surface area (Å²) in [5, 5.41) is 3.93. The van der Waals surface area contributed by atoms with Gasteiger partial charge in [0.1, 0.15) is 5.75 Å². The first-order chi connectivity index (χ1) is 8.72. The number of nitrogens with two attached hydrogens (primary N) is 1. The topological polar surface area (TPSA) is 47.3 Å². The van der Waals surface area contributed by atoms with Crippen LogP contribution in [0.1, 0.15) is 5.56 Å². The molecule has 2 aromatic carbocycles. The second-order valence-electron chi connectivity index (χ2n) is 3.86. The first kappa shape index (κ1) is 12.6. The molecule has 0 aliphatic rings. The Balaban J connectivity index is 2.18. The summed E-state index contributed by atoms with van der Waals surface area (Å²) in [6, 6.07) is 13.2. The minimum absolute atomic E-state index is 0.567. The smallest absolute Gasteiger partial charge is 0.125 e. The number of nitrogen functional groups attached to an aromatic ring is 1. The predicted molar refractivity (Wildman–Crippen MR) is 76.2 cm³/mol. The van der Waals surface area contributed by atoms with Crippen LogP contribution in [0, 0.1) is 0 Å². The van der Waals surface area contributed by atoms with Gasteiger partial charge in [-0.2, -0.15) is 0 Å². The molecule has 0 saturated heterocycles. The van der Waals surface area contributed by atoms with Crippen molar-refractivity contribution in [1.29, 1.82) is 0 Å². The summed E-state index contributed by atoms with van der Waals surface area (Å²) in [4.78, 5) is 0. The number of anilines is 2. The molecule has 0 radical (unpaired) electrons. The fourth-order valence-corrected chi connectivity index (χ4v) is 1.98. The number of methoxy groups -OCH3 is 1. The van der Waals surface area contributed by atoms with Crippen molar-refractivity contribution in [1.82, 2.24) is 0 Å². The zero-order valence-electron chi connectivity index (χ0n) is 10.1. The summed E-state index contributed by atoms with van der Waals surface area (Å²) in [5.41, 5.74) is 8.39. The zero-order chi connectivity index (χ0) is 13.0. The van der Waals surface area contributed by atoms with Crippen molar-refractivity contribution in [2.45, 2.75) is 6.54 Å². The van der Waals surface area contributed by atoms with Crippen LogP contribution in [-0.2, 0) is 6.54 Å². The maximum atomic E-state index is 6.16. The Morgan fingerprint density at radius 2 is 1.94 bits per heavy atom. The molecule has 0 saturated carbocycles. The van der Waals surface area contributed by atoms with E-state index in [2.05, 4.69) is 5.32 Å². The maximum Gasteiger partial charge on any atom is 0.125 e. The first-order valence-electron chi connectivity index (χ1n) is 5.62. The van der Waals surface area contributed by atoms with Gasteiger partial charge in [-0.1, -0.05) is 29.8 Å². The van der Waals surface area contributed by atoms with Crippen LogP contribution < -0.4 is 15.8 Å². The van der Waals surface area contributed by atoms with Crippen molar-refractivity contribution in [3.63, 3.8) is 0 Å². The van der Waals surface area contributed by atoms with Gasteiger partial charge < -0.3 is 15.8 Å². The number of benzene rings is 2. The van der Waals surface area contributed by atoms with Gasteiger partial charge in [0.15, 0.2) is 0 Å². The van der Waals surface area contributed by atoms with E-state index in [1.807, 2.05) is 42.5 Å². The minimum Gasteiger partial charge on any atom is -0.496 e. The Hall–Kier alpha value is -1.87. The van der Waals surface area contributed by atoms with E-state index in [0.717, 1.165) is 17.0 Å². The molecule has 0 aliphatic carbocycles. The monoisotopic (exact) mass is 262 g/mol. The Morgan fingerprint density at radius 3 is 2.67 bits per heavy atom. The molecule has 2 aromatic rings. The Kier molecular flexibility index (Phi) is 3.95. The first-order valence-corrected chi connectivity index (χ1v) is 6.00. The quantitative estimate of drug-likeness (QED) is 0.829. The van der Waals surface area contributed by atoms with Crippen molar-refractivity contribution in [2.24, 2.45) is 0 Å². The van der Waals surface area contributed by atoms with Crippen LogP contribution in [0.25, 0.3) is 0 Å². The average Bonchev–Trinajstić information content (AvgIpc) is 2.39. The molecule has 3 N–H and O–H groups in total. The third-order valence-corrected chi connectivity index (χ3v) is 3.07. The third kappa shape index (κ3) is 2.68. The largest absolute Gasteiger partial charge is 0.496 e. The summed E-state index contributed by atoms with van der Waals surface area (Å²) in [7, 11) is 1.63. The number of hydrogen-bond donors (Lipinski definition) is 2. The number of para-hydroxylation sites is 2. The molecule has 2 rings (SSSR count). The highest BCUT2D eigenvalue weighted by Crippen LogP contribution is 2.27. The second kappa shape index (κ2) is 5.65. The molecule has 0 aliphatic heterocycles. The Bertz CT molecular complexity index is 543. The van der Waals surface area contributed by atoms with Crippen molar-refractivity contribution in [3.8, 4) is 5.75 Å². The van der Waals surface area contributed by atoms with E-state index in [0.29, 0.717) is 17.3 Å². The van der Waals surface area contributed by atoms with E-state index in [9.17, 15) is 0 Å². The van der Waals surface area contributed by atoms with E-state index in [-0.39, 0.29) is 0 Å². The van der Waals surface area contributed by atoms with Gasteiger partial charge in [-0.3, -0.25) is 0 Å². The maximum absolute atomic E-state index is 6.16. The molecular weight excluding hydrogens is 248 g/mol. The lowest BCUT2D eigenvalue weighted by atomic mass is 10.2.